The summed E-state index contributed by atoms with van der Waals surface area (Å²) < 4.78 is 63.1. The molecule has 1 aromatic rings. The molecule has 118 valence electrons. The van der Waals surface area contributed by atoms with Gasteiger partial charge in [0.15, 0.2) is 6.04 Å². The largest absolute Gasteiger partial charge is 0.412 e. The fraction of sp³-hybridized carbons (Fsp3) is 0.364. The number of alkyl halides is 3. The average molecular weight is 345 g/mol. The molecule has 0 saturated carbocycles. The van der Waals surface area contributed by atoms with Crippen LogP contribution in [0.3, 0.4) is 0 Å². The maximum absolute atomic E-state index is 13.0. The predicted octanol–water partition coefficient (Wildman–Crippen LogP) is 1.61. The summed E-state index contributed by atoms with van der Waals surface area (Å²) in [6.07, 6.45) is -4.77. The van der Waals surface area contributed by atoms with Crippen LogP contribution < -0.4 is 10.0 Å². The van der Waals surface area contributed by atoms with Gasteiger partial charge in [-0.2, -0.15) is 13.2 Å². The Morgan fingerprint density at radius 2 is 1.81 bits per heavy atom. The molecule has 0 bridgehead atoms. The third-order valence-electron chi connectivity index (χ3n) is 2.47. The highest BCUT2D eigenvalue weighted by Crippen LogP contribution is 2.33. The minimum Gasteiger partial charge on any atom is -0.340 e. The Bertz CT molecular complexity index is 602. The summed E-state index contributed by atoms with van der Waals surface area (Å²) in [5.74, 6) is -2.36. The number of hydrogen-bond donors (Lipinski definition) is 2. The first-order chi connectivity index (χ1) is 9.55. The number of rotatable bonds is 5. The maximum Gasteiger partial charge on any atom is 0.412 e. The summed E-state index contributed by atoms with van der Waals surface area (Å²) in [6, 6.07) is 2.38. The molecule has 0 saturated heterocycles. The second kappa shape index (κ2) is 6.63. The number of carbonyl (C=O) groups excluding carboxylic acids is 1. The smallest absolute Gasteiger partial charge is 0.340 e. The van der Waals surface area contributed by atoms with Crippen LogP contribution in [0.4, 0.5) is 13.2 Å². The zero-order valence-corrected chi connectivity index (χ0v) is 12.3. The molecule has 1 amide bonds. The highest BCUT2D eigenvalue weighted by Gasteiger charge is 2.42. The Kier molecular flexibility index (Phi) is 5.60. The van der Waals surface area contributed by atoms with E-state index < -0.39 is 33.9 Å². The van der Waals surface area contributed by atoms with Gasteiger partial charge in [-0.3, -0.25) is 4.79 Å². The van der Waals surface area contributed by atoms with Gasteiger partial charge in [-0.1, -0.05) is 23.7 Å². The first kappa shape index (κ1) is 17.7. The molecule has 21 heavy (non-hydrogen) atoms. The van der Waals surface area contributed by atoms with Crippen LogP contribution in [0.15, 0.2) is 24.3 Å². The lowest BCUT2D eigenvalue weighted by molar-refractivity contribution is -0.162. The van der Waals surface area contributed by atoms with Gasteiger partial charge in [0.05, 0.1) is 0 Å². The van der Waals surface area contributed by atoms with Gasteiger partial charge in [0.1, 0.15) is 5.75 Å². The molecule has 0 aliphatic rings. The van der Waals surface area contributed by atoms with Crippen molar-refractivity contribution < 1.29 is 26.4 Å². The maximum atomic E-state index is 13.0. The summed E-state index contributed by atoms with van der Waals surface area (Å²) in [5.41, 5.74) is -0.248. The van der Waals surface area contributed by atoms with E-state index in [1.807, 2.05) is 4.72 Å². The number of hydrogen-bond acceptors (Lipinski definition) is 3. The lowest BCUT2D eigenvalue weighted by Gasteiger charge is -2.22. The van der Waals surface area contributed by atoms with Crippen molar-refractivity contribution in [2.75, 3.05) is 12.8 Å². The van der Waals surface area contributed by atoms with Crippen molar-refractivity contribution in [3.05, 3.63) is 34.9 Å². The lowest BCUT2D eigenvalue weighted by atomic mass is 10.1. The van der Waals surface area contributed by atoms with Crippen molar-refractivity contribution >= 4 is 27.5 Å². The third kappa shape index (κ3) is 5.52. The summed E-state index contributed by atoms with van der Waals surface area (Å²) >= 11 is 5.59. The van der Waals surface area contributed by atoms with Crippen molar-refractivity contribution in [3.8, 4) is 0 Å². The first-order valence-corrected chi connectivity index (χ1v) is 7.61. The Hall–Kier alpha value is -1.32. The molecule has 0 aliphatic carbocycles. The molecule has 0 aliphatic heterocycles. The van der Waals surface area contributed by atoms with Gasteiger partial charge in [-0.15, -0.1) is 0 Å². The molecule has 0 unspecified atom stereocenters. The molecule has 2 N–H and O–H groups in total. The van der Waals surface area contributed by atoms with Gasteiger partial charge >= 0.3 is 6.18 Å². The summed E-state index contributed by atoms with van der Waals surface area (Å²) in [4.78, 5) is 11.5. The standard InChI is InChI=1S/C11H12ClF3N2O3S/c1-16-21(19,20)6-9(18)17-10(11(13,14)15)7-2-4-8(12)5-3-7/h2-5,10,16H,6H2,1H3,(H,17,18)/t10-/m1/s1. The molecular formula is C11H12ClF3N2O3S. The van der Waals surface area contributed by atoms with Gasteiger partial charge in [0.2, 0.25) is 15.9 Å². The fourth-order valence-electron chi connectivity index (χ4n) is 1.46. The van der Waals surface area contributed by atoms with Crippen molar-refractivity contribution in [1.29, 1.82) is 0 Å². The van der Waals surface area contributed by atoms with E-state index in [9.17, 15) is 26.4 Å². The van der Waals surface area contributed by atoms with Crippen LogP contribution in [0.2, 0.25) is 5.02 Å². The Labute approximate surface area is 124 Å². The van der Waals surface area contributed by atoms with E-state index in [1.165, 1.54) is 12.1 Å². The summed E-state index contributed by atoms with van der Waals surface area (Å²) in [7, 11) is -2.89. The summed E-state index contributed by atoms with van der Waals surface area (Å²) in [5, 5.41) is 1.90. The lowest BCUT2D eigenvalue weighted by Crippen LogP contribution is -2.42. The van der Waals surface area contributed by atoms with E-state index in [-0.39, 0.29) is 10.6 Å². The van der Waals surface area contributed by atoms with Crippen LogP contribution in [0.5, 0.6) is 0 Å². The minimum absolute atomic E-state index is 0.240. The van der Waals surface area contributed by atoms with Crippen LogP contribution >= 0.6 is 11.6 Å². The predicted molar refractivity (Wildman–Crippen MR) is 71.2 cm³/mol. The molecule has 0 radical (unpaired) electrons. The topological polar surface area (TPSA) is 75.3 Å². The highest BCUT2D eigenvalue weighted by atomic mass is 35.5. The SMILES string of the molecule is CNS(=O)(=O)CC(=O)N[C@H](c1ccc(Cl)cc1)C(F)(F)F. The van der Waals surface area contributed by atoms with E-state index in [0.717, 1.165) is 19.2 Å². The highest BCUT2D eigenvalue weighted by molar-refractivity contribution is 7.90. The van der Waals surface area contributed by atoms with Gasteiger partial charge in [0, 0.05) is 5.02 Å². The van der Waals surface area contributed by atoms with Crippen LogP contribution in [0.25, 0.3) is 0 Å². The number of carbonyl (C=O) groups is 1. The van der Waals surface area contributed by atoms with Crippen LogP contribution in [0, 0.1) is 0 Å². The van der Waals surface area contributed by atoms with Crippen molar-refractivity contribution in [2.24, 2.45) is 0 Å². The van der Waals surface area contributed by atoms with E-state index >= 15 is 0 Å². The van der Waals surface area contributed by atoms with Crippen molar-refractivity contribution in [2.45, 2.75) is 12.2 Å². The van der Waals surface area contributed by atoms with Gasteiger partial charge in [-0.05, 0) is 24.7 Å². The molecule has 0 fully saturated rings. The quantitative estimate of drug-likeness (QED) is 0.852. The van der Waals surface area contributed by atoms with E-state index in [4.69, 9.17) is 11.6 Å². The number of amides is 1. The fourth-order valence-corrected chi connectivity index (χ4v) is 2.16. The van der Waals surface area contributed by atoms with Gasteiger partial charge in [-0.25, -0.2) is 13.1 Å². The second-order valence-corrected chi connectivity index (χ2v) is 6.42. The molecule has 0 heterocycles. The van der Waals surface area contributed by atoms with Crippen molar-refractivity contribution in [3.63, 3.8) is 0 Å². The van der Waals surface area contributed by atoms with Gasteiger partial charge in [0.25, 0.3) is 0 Å². The molecule has 5 nitrogen and oxygen atoms in total. The molecule has 0 spiro atoms. The average Bonchev–Trinajstić information content (AvgIpc) is 2.35. The van der Waals surface area contributed by atoms with Crippen LogP contribution in [-0.2, 0) is 14.8 Å². The van der Waals surface area contributed by atoms with E-state index in [0.29, 0.717) is 0 Å². The van der Waals surface area contributed by atoms with E-state index in [1.54, 1.807) is 5.32 Å². The number of sulfonamides is 1. The number of nitrogens with one attached hydrogen (secondary N) is 2. The first-order valence-electron chi connectivity index (χ1n) is 5.58. The van der Waals surface area contributed by atoms with Crippen molar-refractivity contribution in [1.82, 2.24) is 10.0 Å². The molecular weight excluding hydrogens is 333 g/mol. The molecule has 1 aromatic carbocycles. The summed E-state index contributed by atoms with van der Waals surface area (Å²) in [6.45, 7) is 0. The molecule has 1 atom stereocenters. The Morgan fingerprint density at radius 1 is 1.29 bits per heavy atom. The third-order valence-corrected chi connectivity index (χ3v) is 3.98. The number of halogens is 4. The molecule has 0 aromatic heterocycles. The monoisotopic (exact) mass is 344 g/mol. The zero-order valence-electron chi connectivity index (χ0n) is 10.7. The van der Waals surface area contributed by atoms with Crippen LogP contribution in [-0.4, -0.2) is 33.3 Å². The number of benzene rings is 1. The van der Waals surface area contributed by atoms with E-state index in [2.05, 4.69) is 0 Å². The normalized spacial score (nSPS) is 13.8. The minimum atomic E-state index is -4.77. The Morgan fingerprint density at radius 3 is 2.24 bits per heavy atom. The van der Waals surface area contributed by atoms with Gasteiger partial charge < -0.3 is 5.32 Å². The zero-order chi connectivity index (χ0) is 16.3. The van der Waals surface area contributed by atoms with Crippen LogP contribution in [0.1, 0.15) is 11.6 Å². The Balaban J connectivity index is 2.96. The molecule has 10 heteroatoms. The second-order valence-electron chi connectivity index (χ2n) is 4.06. The molecule has 1 rings (SSSR count).